The van der Waals surface area contributed by atoms with E-state index >= 15 is 0 Å². The maximum absolute atomic E-state index is 11.0. The molecular weight excluding hydrogens is 204 g/mol. The molecule has 0 aliphatic carbocycles. The summed E-state index contributed by atoms with van der Waals surface area (Å²) in [6, 6.07) is 0. The number of esters is 1. The Balaban J connectivity index is 3.03. The van der Waals surface area contributed by atoms with Crippen LogP contribution < -0.4 is 0 Å². The third-order valence-corrected chi connectivity index (χ3v) is 2.21. The summed E-state index contributed by atoms with van der Waals surface area (Å²) in [6.45, 7) is 7.35. The molecule has 0 fully saturated rings. The average molecular weight is 228 g/mol. The molecule has 0 saturated carbocycles. The smallest absolute Gasteiger partial charge is 0.305 e. The van der Waals surface area contributed by atoms with E-state index in [2.05, 4.69) is 6.58 Å². The Morgan fingerprint density at radius 3 is 2.56 bits per heavy atom. The first-order valence-corrected chi connectivity index (χ1v) is 6.15. The Morgan fingerprint density at radius 2 is 1.88 bits per heavy atom. The van der Waals surface area contributed by atoms with Gasteiger partial charge in [-0.15, -0.1) is 6.58 Å². The van der Waals surface area contributed by atoms with E-state index in [-0.39, 0.29) is 5.97 Å². The van der Waals surface area contributed by atoms with Crippen LogP contribution in [0.4, 0.5) is 0 Å². The van der Waals surface area contributed by atoms with Crippen molar-refractivity contribution in [2.75, 3.05) is 19.8 Å². The van der Waals surface area contributed by atoms with Crippen LogP contribution in [0.15, 0.2) is 12.7 Å². The summed E-state index contributed by atoms with van der Waals surface area (Å²) >= 11 is 0. The second-order valence-corrected chi connectivity index (χ2v) is 3.69. The molecule has 0 aliphatic rings. The number of ether oxygens (including phenoxy) is 2. The molecule has 3 nitrogen and oxygen atoms in total. The van der Waals surface area contributed by atoms with Crippen LogP contribution in [0, 0.1) is 0 Å². The van der Waals surface area contributed by atoms with Crippen LogP contribution in [0.3, 0.4) is 0 Å². The van der Waals surface area contributed by atoms with Crippen molar-refractivity contribution in [2.45, 2.75) is 45.4 Å². The minimum atomic E-state index is -0.0724. The second-order valence-electron chi connectivity index (χ2n) is 3.69. The maximum Gasteiger partial charge on any atom is 0.305 e. The molecule has 0 aromatic carbocycles. The molecule has 0 atom stereocenters. The highest BCUT2D eigenvalue weighted by Crippen LogP contribution is 2.06. The third kappa shape index (κ3) is 11.2. The lowest BCUT2D eigenvalue weighted by Gasteiger charge is -2.02. The molecule has 0 aromatic rings. The summed E-state index contributed by atoms with van der Waals surface area (Å²) in [5.41, 5.74) is 0. The quantitative estimate of drug-likeness (QED) is 0.310. The Labute approximate surface area is 98.8 Å². The van der Waals surface area contributed by atoms with Crippen molar-refractivity contribution in [2.24, 2.45) is 0 Å². The van der Waals surface area contributed by atoms with Gasteiger partial charge in [-0.3, -0.25) is 4.79 Å². The SMILES string of the molecule is C=CCOCCCCCCCC(=O)OCC. The van der Waals surface area contributed by atoms with Gasteiger partial charge in [0.1, 0.15) is 0 Å². The molecule has 0 amide bonds. The predicted octanol–water partition coefficient (Wildman–Crippen LogP) is 3.09. The van der Waals surface area contributed by atoms with Crippen LogP contribution in [0.1, 0.15) is 45.4 Å². The molecule has 0 bridgehead atoms. The van der Waals surface area contributed by atoms with Gasteiger partial charge in [-0.1, -0.05) is 25.3 Å². The zero-order chi connectivity index (χ0) is 12.1. The summed E-state index contributed by atoms with van der Waals surface area (Å²) in [5.74, 6) is -0.0724. The molecule has 0 spiro atoms. The van der Waals surface area contributed by atoms with Crippen molar-refractivity contribution in [1.29, 1.82) is 0 Å². The fourth-order valence-electron chi connectivity index (χ4n) is 1.40. The van der Waals surface area contributed by atoms with Crippen LogP contribution in [0.5, 0.6) is 0 Å². The molecule has 94 valence electrons. The highest BCUT2D eigenvalue weighted by atomic mass is 16.5. The highest BCUT2D eigenvalue weighted by Gasteiger charge is 2.00. The molecule has 16 heavy (non-hydrogen) atoms. The second kappa shape index (κ2) is 12.2. The zero-order valence-corrected chi connectivity index (χ0v) is 10.4. The number of hydrogen-bond acceptors (Lipinski definition) is 3. The monoisotopic (exact) mass is 228 g/mol. The normalized spacial score (nSPS) is 10.1. The van der Waals surface area contributed by atoms with Crippen molar-refractivity contribution in [1.82, 2.24) is 0 Å². The van der Waals surface area contributed by atoms with Gasteiger partial charge in [-0.25, -0.2) is 0 Å². The number of carbonyl (C=O) groups is 1. The Kier molecular flexibility index (Phi) is 11.6. The van der Waals surface area contributed by atoms with Gasteiger partial charge < -0.3 is 9.47 Å². The fourth-order valence-corrected chi connectivity index (χ4v) is 1.40. The van der Waals surface area contributed by atoms with Gasteiger partial charge in [0.25, 0.3) is 0 Å². The van der Waals surface area contributed by atoms with Crippen molar-refractivity contribution >= 4 is 5.97 Å². The van der Waals surface area contributed by atoms with Gasteiger partial charge in [-0.05, 0) is 19.8 Å². The van der Waals surface area contributed by atoms with E-state index in [1.807, 2.05) is 6.92 Å². The van der Waals surface area contributed by atoms with Crippen molar-refractivity contribution in [3.05, 3.63) is 12.7 Å². The van der Waals surface area contributed by atoms with Crippen LogP contribution >= 0.6 is 0 Å². The first kappa shape index (κ1) is 15.2. The van der Waals surface area contributed by atoms with Crippen LogP contribution in [0.25, 0.3) is 0 Å². The standard InChI is InChI=1S/C13H24O3/c1-3-11-15-12-9-7-5-6-8-10-13(14)16-4-2/h3H,1,4-12H2,2H3. The topological polar surface area (TPSA) is 35.5 Å². The van der Waals surface area contributed by atoms with Crippen molar-refractivity contribution in [3.63, 3.8) is 0 Å². The van der Waals surface area contributed by atoms with Gasteiger partial charge in [-0.2, -0.15) is 0 Å². The maximum atomic E-state index is 11.0. The molecule has 0 aliphatic heterocycles. The largest absolute Gasteiger partial charge is 0.466 e. The summed E-state index contributed by atoms with van der Waals surface area (Å²) in [7, 11) is 0. The van der Waals surface area contributed by atoms with Crippen molar-refractivity contribution in [3.8, 4) is 0 Å². The lowest BCUT2D eigenvalue weighted by Crippen LogP contribution is -2.03. The lowest BCUT2D eigenvalue weighted by molar-refractivity contribution is -0.143. The van der Waals surface area contributed by atoms with Crippen molar-refractivity contribution < 1.29 is 14.3 Å². The van der Waals surface area contributed by atoms with E-state index in [4.69, 9.17) is 9.47 Å². The molecular formula is C13H24O3. The first-order chi connectivity index (χ1) is 7.81. The molecule has 0 unspecified atom stereocenters. The van der Waals surface area contributed by atoms with Gasteiger partial charge in [0.15, 0.2) is 0 Å². The van der Waals surface area contributed by atoms with E-state index in [9.17, 15) is 4.79 Å². The Morgan fingerprint density at radius 1 is 1.19 bits per heavy atom. The van der Waals surface area contributed by atoms with Crippen LogP contribution in [-0.2, 0) is 14.3 Å². The van der Waals surface area contributed by atoms with Gasteiger partial charge >= 0.3 is 5.97 Å². The number of hydrogen-bond donors (Lipinski definition) is 0. The van der Waals surface area contributed by atoms with Gasteiger partial charge in [0.2, 0.25) is 0 Å². The first-order valence-electron chi connectivity index (χ1n) is 6.15. The molecule has 0 radical (unpaired) electrons. The highest BCUT2D eigenvalue weighted by molar-refractivity contribution is 5.69. The molecule has 0 aromatic heterocycles. The van der Waals surface area contributed by atoms with E-state index < -0.39 is 0 Å². The van der Waals surface area contributed by atoms with Crippen LogP contribution in [0.2, 0.25) is 0 Å². The molecule has 0 heterocycles. The van der Waals surface area contributed by atoms with E-state index in [1.165, 1.54) is 6.42 Å². The average Bonchev–Trinajstić information content (AvgIpc) is 2.27. The minimum Gasteiger partial charge on any atom is -0.466 e. The minimum absolute atomic E-state index is 0.0724. The lowest BCUT2D eigenvalue weighted by atomic mass is 10.1. The molecule has 3 heteroatoms. The summed E-state index contributed by atoms with van der Waals surface area (Å²) in [5, 5.41) is 0. The van der Waals surface area contributed by atoms with E-state index in [1.54, 1.807) is 6.08 Å². The number of rotatable bonds is 11. The van der Waals surface area contributed by atoms with E-state index in [0.29, 0.717) is 19.6 Å². The summed E-state index contributed by atoms with van der Waals surface area (Å²) in [4.78, 5) is 11.0. The summed E-state index contributed by atoms with van der Waals surface area (Å²) < 4.78 is 10.1. The molecule has 0 rings (SSSR count). The molecule has 0 saturated heterocycles. The zero-order valence-electron chi connectivity index (χ0n) is 10.4. The Bertz CT molecular complexity index is 178. The number of unbranched alkanes of at least 4 members (excludes halogenated alkanes) is 4. The molecule has 0 N–H and O–H groups in total. The summed E-state index contributed by atoms with van der Waals surface area (Å²) in [6.07, 6.45) is 7.77. The van der Waals surface area contributed by atoms with E-state index in [0.717, 1.165) is 32.3 Å². The number of carbonyl (C=O) groups excluding carboxylic acids is 1. The third-order valence-electron chi connectivity index (χ3n) is 2.21. The Hall–Kier alpha value is -0.830. The van der Waals surface area contributed by atoms with Gasteiger partial charge in [0, 0.05) is 13.0 Å². The fraction of sp³-hybridized carbons (Fsp3) is 0.769. The van der Waals surface area contributed by atoms with Crippen LogP contribution in [-0.4, -0.2) is 25.8 Å². The predicted molar refractivity (Wildman–Crippen MR) is 65.4 cm³/mol. The van der Waals surface area contributed by atoms with Gasteiger partial charge in [0.05, 0.1) is 13.2 Å².